The minimum Gasteiger partial charge on any atom is -0.492 e. The molecule has 0 fully saturated rings. The van der Waals surface area contributed by atoms with Gasteiger partial charge in [-0.2, -0.15) is 0 Å². The largest absolute Gasteiger partial charge is 0.492 e. The molecule has 0 radical (unpaired) electrons. The molecular weight excluding hydrogens is 226 g/mol. The summed E-state index contributed by atoms with van der Waals surface area (Å²) in [4.78, 5) is 2.04. The lowest BCUT2D eigenvalue weighted by Crippen LogP contribution is -2.19. The van der Waals surface area contributed by atoms with E-state index in [2.05, 4.69) is 0 Å². The van der Waals surface area contributed by atoms with E-state index in [0.29, 0.717) is 17.4 Å². The van der Waals surface area contributed by atoms with Crippen LogP contribution in [-0.4, -0.2) is 37.3 Å². The molecule has 90 valence electrons. The first-order valence-electron chi connectivity index (χ1n) is 5.25. The first-order valence-corrected chi connectivity index (χ1v) is 5.63. The summed E-state index contributed by atoms with van der Waals surface area (Å²) in [5.74, 6) is 0.696. The number of halogens is 1. The maximum Gasteiger partial charge on any atom is 0.125 e. The van der Waals surface area contributed by atoms with Crippen LogP contribution >= 0.6 is 11.6 Å². The van der Waals surface area contributed by atoms with Gasteiger partial charge in [-0.05, 0) is 39.2 Å². The van der Waals surface area contributed by atoms with Crippen LogP contribution in [0.15, 0.2) is 18.2 Å². The summed E-state index contributed by atoms with van der Waals surface area (Å²) in [5, 5.41) is 10.2. The topological polar surface area (TPSA) is 32.7 Å². The number of nitrogens with zero attached hydrogens (tertiary/aromatic N) is 1. The minimum absolute atomic E-state index is 0.576. The van der Waals surface area contributed by atoms with Gasteiger partial charge < -0.3 is 14.7 Å². The van der Waals surface area contributed by atoms with Crippen LogP contribution in [0, 0.1) is 0 Å². The van der Waals surface area contributed by atoms with Gasteiger partial charge in [0.2, 0.25) is 0 Å². The maximum atomic E-state index is 9.59. The number of rotatable bonds is 5. The fraction of sp³-hybridized carbons (Fsp3) is 0.500. The van der Waals surface area contributed by atoms with Crippen molar-refractivity contribution in [1.82, 2.24) is 4.90 Å². The van der Waals surface area contributed by atoms with E-state index in [-0.39, 0.29) is 0 Å². The number of ether oxygens (including phenoxy) is 1. The standard InChI is InChI=1S/C12H18ClNO2/c1-9(15)11-8-10(13)4-5-12(11)16-7-6-14(2)3/h4-5,8-9,15H,6-7H2,1-3H3. The van der Waals surface area contributed by atoms with Crippen molar-refractivity contribution >= 4 is 11.6 Å². The summed E-state index contributed by atoms with van der Waals surface area (Å²) >= 11 is 5.87. The SMILES string of the molecule is CC(O)c1cc(Cl)ccc1OCCN(C)C. The number of aliphatic hydroxyl groups excluding tert-OH is 1. The second-order valence-electron chi connectivity index (χ2n) is 4.01. The second-order valence-corrected chi connectivity index (χ2v) is 4.45. The Morgan fingerprint density at radius 2 is 2.12 bits per heavy atom. The summed E-state index contributed by atoms with van der Waals surface area (Å²) in [6.07, 6.45) is -0.576. The molecule has 16 heavy (non-hydrogen) atoms. The van der Waals surface area contributed by atoms with E-state index >= 15 is 0 Å². The monoisotopic (exact) mass is 243 g/mol. The van der Waals surface area contributed by atoms with Crippen LogP contribution in [0.1, 0.15) is 18.6 Å². The van der Waals surface area contributed by atoms with Crippen molar-refractivity contribution in [3.8, 4) is 5.75 Å². The summed E-state index contributed by atoms with van der Waals surface area (Å²) in [6, 6.07) is 5.29. The quantitative estimate of drug-likeness (QED) is 0.862. The van der Waals surface area contributed by atoms with Crippen LogP contribution < -0.4 is 4.74 Å². The van der Waals surface area contributed by atoms with Crippen molar-refractivity contribution in [2.75, 3.05) is 27.2 Å². The predicted octanol–water partition coefficient (Wildman–Crippen LogP) is 2.33. The zero-order valence-corrected chi connectivity index (χ0v) is 10.7. The Morgan fingerprint density at radius 1 is 1.44 bits per heavy atom. The van der Waals surface area contributed by atoms with E-state index in [1.807, 2.05) is 19.0 Å². The van der Waals surface area contributed by atoms with Crippen LogP contribution in [0.3, 0.4) is 0 Å². The summed E-state index contributed by atoms with van der Waals surface area (Å²) in [5.41, 5.74) is 0.728. The number of likely N-dealkylation sites (N-methyl/N-ethyl adjacent to an activating group) is 1. The molecule has 0 saturated heterocycles. The van der Waals surface area contributed by atoms with E-state index in [0.717, 1.165) is 12.1 Å². The van der Waals surface area contributed by atoms with Crippen molar-refractivity contribution < 1.29 is 9.84 Å². The van der Waals surface area contributed by atoms with Gasteiger partial charge in [0.25, 0.3) is 0 Å². The fourth-order valence-corrected chi connectivity index (χ4v) is 1.50. The van der Waals surface area contributed by atoms with Gasteiger partial charge in [0.15, 0.2) is 0 Å². The molecule has 0 aliphatic carbocycles. The molecule has 0 aliphatic heterocycles. The van der Waals surface area contributed by atoms with Gasteiger partial charge in [-0.25, -0.2) is 0 Å². The third-order valence-corrected chi connectivity index (χ3v) is 2.45. The molecule has 0 amide bonds. The molecule has 0 spiro atoms. The molecule has 0 bridgehead atoms. The van der Waals surface area contributed by atoms with Gasteiger partial charge >= 0.3 is 0 Å². The number of hydrogen-bond donors (Lipinski definition) is 1. The van der Waals surface area contributed by atoms with Crippen LogP contribution in [-0.2, 0) is 0 Å². The van der Waals surface area contributed by atoms with Crippen LogP contribution in [0.25, 0.3) is 0 Å². The summed E-state index contributed by atoms with van der Waals surface area (Å²) < 4.78 is 5.60. The van der Waals surface area contributed by atoms with Gasteiger partial charge in [-0.15, -0.1) is 0 Å². The Morgan fingerprint density at radius 3 is 2.69 bits per heavy atom. The number of benzene rings is 1. The number of hydrogen-bond acceptors (Lipinski definition) is 3. The molecule has 0 saturated carbocycles. The van der Waals surface area contributed by atoms with E-state index in [1.165, 1.54) is 0 Å². The van der Waals surface area contributed by atoms with Crippen LogP contribution in [0.5, 0.6) is 5.75 Å². The van der Waals surface area contributed by atoms with Gasteiger partial charge in [-0.1, -0.05) is 11.6 Å². The van der Waals surface area contributed by atoms with Crippen molar-refractivity contribution in [3.63, 3.8) is 0 Å². The first kappa shape index (κ1) is 13.3. The van der Waals surface area contributed by atoms with Crippen LogP contribution in [0.4, 0.5) is 0 Å². The lowest BCUT2D eigenvalue weighted by Gasteiger charge is -2.15. The normalized spacial score (nSPS) is 12.9. The molecule has 1 atom stereocenters. The molecule has 1 aromatic carbocycles. The van der Waals surface area contributed by atoms with Crippen LogP contribution in [0.2, 0.25) is 5.02 Å². The molecule has 1 rings (SSSR count). The lowest BCUT2D eigenvalue weighted by atomic mass is 10.1. The molecule has 1 unspecified atom stereocenters. The summed E-state index contributed by atoms with van der Waals surface area (Å²) in [7, 11) is 3.97. The van der Waals surface area contributed by atoms with Gasteiger partial charge in [0, 0.05) is 17.1 Å². The lowest BCUT2D eigenvalue weighted by molar-refractivity contribution is 0.188. The average molecular weight is 244 g/mol. The average Bonchev–Trinajstić information content (AvgIpc) is 2.19. The van der Waals surface area contributed by atoms with E-state index in [1.54, 1.807) is 25.1 Å². The fourth-order valence-electron chi connectivity index (χ4n) is 1.32. The van der Waals surface area contributed by atoms with Crippen molar-refractivity contribution in [2.45, 2.75) is 13.0 Å². The minimum atomic E-state index is -0.576. The van der Waals surface area contributed by atoms with Gasteiger partial charge in [-0.3, -0.25) is 0 Å². The Kier molecular flexibility index (Phi) is 5.06. The van der Waals surface area contributed by atoms with E-state index < -0.39 is 6.10 Å². The van der Waals surface area contributed by atoms with Gasteiger partial charge in [0.1, 0.15) is 12.4 Å². The molecule has 0 heterocycles. The molecule has 0 aromatic heterocycles. The smallest absolute Gasteiger partial charge is 0.125 e. The first-order chi connectivity index (χ1) is 7.50. The zero-order valence-electron chi connectivity index (χ0n) is 9.90. The Balaban J connectivity index is 2.71. The Hall–Kier alpha value is -0.770. The highest BCUT2D eigenvalue weighted by molar-refractivity contribution is 6.30. The Bertz CT molecular complexity index is 340. The Labute approximate surface area is 102 Å². The van der Waals surface area contributed by atoms with E-state index in [9.17, 15) is 5.11 Å². The third kappa shape index (κ3) is 4.00. The number of aliphatic hydroxyl groups is 1. The summed E-state index contributed by atoms with van der Waals surface area (Å²) in [6.45, 7) is 3.13. The molecule has 3 nitrogen and oxygen atoms in total. The molecule has 1 N–H and O–H groups in total. The second kappa shape index (κ2) is 6.09. The zero-order chi connectivity index (χ0) is 12.1. The predicted molar refractivity (Wildman–Crippen MR) is 66.1 cm³/mol. The third-order valence-electron chi connectivity index (χ3n) is 2.22. The molecule has 4 heteroatoms. The highest BCUT2D eigenvalue weighted by Gasteiger charge is 2.09. The van der Waals surface area contributed by atoms with Crippen molar-refractivity contribution in [3.05, 3.63) is 28.8 Å². The maximum absolute atomic E-state index is 9.59. The highest BCUT2D eigenvalue weighted by Crippen LogP contribution is 2.28. The van der Waals surface area contributed by atoms with Crippen molar-refractivity contribution in [1.29, 1.82) is 0 Å². The molecule has 1 aromatic rings. The van der Waals surface area contributed by atoms with E-state index in [4.69, 9.17) is 16.3 Å². The van der Waals surface area contributed by atoms with Gasteiger partial charge in [0.05, 0.1) is 6.10 Å². The molecule has 0 aliphatic rings. The molecular formula is C12H18ClNO2. The van der Waals surface area contributed by atoms with Crippen molar-refractivity contribution in [2.24, 2.45) is 0 Å². The highest BCUT2D eigenvalue weighted by atomic mass is 35.5.